The second kappa shape index (κ2) is 5.84. The Morgan fingerprint density at radius 3 is 2.75 bits per heavy atom. The van der Waals surface area contributed by atoms with E-state index in [-0.39, 0.29) is 0 Å². The third kappa shape index (κ3) is 2.90. The molecule has 20 heavy (non-hydrogen) atoms. The lowest BCUT2D eigenvalue weighted by molar-refractivity contribution is 0.653. The van der Waals surface area contributed by atoms with Gasteiger partial charge in [0.25, 0.3) is 0 Å². The molecule has 5 heteroatoms. The van der Waals surface area contributed by atoms with Gasteiger partial charge in [-0.15, -0.1) is 0 Å². The molecule has 3 rings (SSSR count). The molecule has 1 aromatic carbocycles. The number of aromatic amines is 1. The van der Waals surface area contributed by atoms with E-state index in [2.05, 4.69) is 9.97 Å². The maximum absolute atomic E-state index is 6.04. The van der Waals surface area contributed by atoms with Crippen LogP contribution < -0.4 is 0 Å². The molecule has 0 saturated carbocycles. The van der Waals surface area contributed by atoms with Gasteiger partial charge >= 0.3 is 0 Å². The molecule has 1 aliphatic carbocycles. The molecule has 0 unspecified atom stereocenters. The molecule has 104 valence electrons. The Balaban J connectivity index is 1.93. The van der Waals surface area contributed by atoms with Crippen LogP contribution in [0.25, 0.3) is 0 Å². The number of aromatic nitrogens is 2. The van der Waals surface area contributed by atoms with E-state index in [9.17, 15) is 0 Å². The van der Waals surface area contributed by atoms with Crippen LogP contribution in [0.4, 0.5) is 0 Å². The number of hydrogen-bond donors (Lipinski definition) is 1. The fourth-order valence-electron chi connectivity index (χ4n) is 2.60. The molecule has 1 aliphatic rings. The first-order valence-corrected chi connectivity index (χ1v) is 7.85. The maximum atomic E-state index is 6.04. The molecule has 0 amide bonds. The van der Waals surface area contributed by atoms with Gasteiger partial charge in [0.15, 0.2) is 0 Å². The van der Waals surface area contributed by atoms with Gasteiger partial charge in [-0.05, 0) is 43.4 Å². The maximum Gasteiger partial charge on any atom is 0.133 e. The number of nitrogens with zero attached hydrogens (tertiary/aromatic N) is 1. The Morgan fingerprint density at radius 2 is 1.95 bits per heavy atom. The fourth-order valence-corrected chi connectivity index (χ4v) is 3.25. The molecule has 0 atom stereocenters. The minimum Gasteiger partial charge on any atom is -0.347 e. The zero-order valence-electron chi connectivity index (χ0n) is 10.9. The standard InChI is InChI=1S/C15H14Cl2N2S/c16-11-6-5-9(7-12(11)17)8-14-18-13-4-2-1-3-10(13)15(20)19-14/h5-7H,1-4,8H2,(H,18,19,20). The molecule has 1 N–H and O–H groups in total. The van der Waals surface area contributed by atoms with Gasteiger partial charge in [-0.1, -0.05) is 41.5 Å². The summed E-state index contributed by atoms with van der Waals surface area (Å²) in [5.74, 6) is 0.897. The van der Waals surface area contributed by atoms with Gasteiger partial charge in [-0.2, -0.15) is 0 Å². The molecule has 0 spiro atoms. The molecule has 2 nitrogen and oxygen atoms in total. The lowest BCUT2D eigenvalue weighted by Gasteiger charge is -2.16. The minimum atomic E-state index is 0.570. The second-order valence-corrected chi connectivity index (χ2v) is 6.28. The van der Waals surface area contributed by atoms with E-state index in [4.69, 9.17) is 35.4 Å². The average molecular weight is 325 g/mol. The topological polar surface area (TPSA) is 28.7 Å². The highest BCUT2D eigenvalue weighted by Crippen LogP contribution is 2.24. The number of hydrogen-bond acceptors (Lipinski definition) is 2. The highest BCUT2D eigenvalue weighted by atomic mass is 35.5. The first-order valence-electron chi connectivity index (χ1n) is 6.68. The highest BCUT2D eigenvalue weighted by molar-refractivity contribution is 7.71. The van der Waals surface area contributed by atoms with E-state index >= 15 is 0 Å². The molecule has 1 heterocycles. The van der Waals surface area contributed by atoms with E-state index in [1.165, 1.54) is 24.1 Å². The molecule has 2 aromatic rings. The number of H-pyrrole nitrogens is 1. The minimum absolute atomic E-state index is 0.570. The Morgan fingerprint density at radius 1 is 1.15 bits per heavy atom. The van der Waals surface area contributed by atoms with Crippen LogP contribution in [0.2, 0.25) is 10.0 Å². The van der Waals surface area contributed by atoms with Crippen LogP contribution in [-0.2, 0) is 19.3 Å². The molecule has 1 aromatic heterocycles. The zero-order valence-corrected chi connectivity index (χ0v) is 13.2. The summed E-state index contributed by atoms with van der Waals surface area (Å²) in [5, 5.41) is 1.14. The van der Waals surface area contributed by atoms with Gasteiger partial charge in [0.1, 0.15) is 10.5 Å². The van der Waals surface area contributed by atoms with E-state index in [1.807, 2.05) is 18.2 Å². The van der Waals surface area contributed by atoms with E-state index in [0.29, 0.717) is 16.5 Å². The van der Waals surface area contributed by atoms with Crippen molar-refractivity contribution in [1.29, 1.82) is 0 Å². The largest absolute Gasteiger partial charge is 0.347 e. The zero-order chi connectivity index (χ0) is 14.1. The predicted molar refractivity (Wildman–Crippen MR) is 85.3 cm³/mol. The van der Waals surface area contributed by atoms with Crippen LogP contribution in [0.1, 0.15) is 35.5 Å². The number of aryl methyl sites for hydroxylation is 1. The van der Waals surface area contributed by atoms with Crippen LogP contribution >= 0.6 is 35.4 Å². The summed E-state index contributed by atoms with van der Waals surface area (Å²) in [6.07, 6.45) is 5.22. The summed E-state index contributed by atoms with van der Waals surface area (Å²) in [7, 11) is 0. The van der Waals surface area contributed by atoms with Crippen LogP contribution in [-0.4, -0.2) is 9.97 Å². The van der Waals surface area contributed by atoms with Crippen LogP contribution in [0, 0.1) is 4.64 Å². The second-order valence-electron chi connectivity index (χ2n) is 5.08. The number of nitrogens with one attached hydrogen (secondary N) is 1. The summed E-state index contributed by atoms with van der Waals surface area (Å²) in [6.45, 7) is 0. The van der Waals surface area contributed by atoms with Crippen molar-refractivity contribution in [1.82, 2.24) is 9.97 Å². The van der Waals surface area contributed by atoms with Crippen molar-refractivity contribution in [2.24, 2.45) is 0 Å². The molecular formula is C15H14Cl2N2S. The summed E-state index contributed by atoms with van der Waals surface area (Å²) in [6, 6.07) is 5.65. The predicted octanol–water partition coefficient (Wildman–Crippen LogP) is 4.92. The quantitative estimate of drug-likeness (QED) is 0.794. The van der Waals surface area contributed by atoms with Gasteiger partial charge in [0.2, 0.25) is 0 Å². The summed E-state index contributed by atoms with van der Waals surface area (Å²) in [5.41, 5.74) is 3.56. The number of fused-ring (bicyclic) bond motifs is 1. The van der Waals surface area contributed by atoms with Crippen molar-refractivity contribution in [2.75, 3.05) is 0 Å². The normalized spacial score (nSPS) is 14.1. The van der Waals surface area contributed by atoms with Crippen molar-refractivity contribution in [3.05, 3.63) is 55.5 Å². The third-order valence-corrected chi connectivity index (χ3v) is 4.69. The number of rotatable bonds is 2. The number of halogens is 2. The molecule has 0 aliphatic heterocycles. The fraction of sp³-hybridized carbons (Fsp3) is 0.333. The van der Waals surface area contributed by atoms with Crippen molar-refractivity contribution in [3.8, 4) is 0 Å². The van der Waals surface area contributed by atoms with Crippen molar-refractivity contribution in [3.63, 3.8) is 0 Å². The van der Waals surface area contributed by atoms with Crippen LogP contribution in [0.3, 0.4) is 0 Å². The van der Waals surface area contributed by atoms with Crippen LogP contribution in [0.5, 0.6) is 0 Å². The molecule has 0 fully saturated rings. The van der Waals surface area contributed by atoms with Crippen molar-refractivity contribution >= 4 is 35.4 Å². The van der Waals surface area contributed by atoms with E-state index in [0.717, 1.165) is 28.9 Å². The van der Waals surface area contributed by atoms with Gasteiger partial charge in [-0.3, -0.25) is 0 Å². The Kier molecular flexibility index (Phi) is 4.11. The lowest BCUT2D eigenvalue weighted by atomic mass is 9.97. The van der Waals surface area contributed by atoms with E-state index < -0.39 is 0 Å². The first kappa shape index (κ1) is 14.1. The molecule has 0 saturated heterocycles. The average Bonchev–Trinajstić information content (AvgIpc) is 2.43. The van der Waals surface area contributed by atoms with Gasteiger partial charge in [0, 0.05) is 17.7 Å². The highest BCUT2D eigenvalue weighted by Gasteiger charge is 2.13. The van der Waals surface area contributed by atoms with Crippen LogP contribution in [0.15, 0.2) is 18.2 Å². The van der Waals surface area contributed by atoms with Gasteiger partial charge < -0.3 is 4.98 Å². The number of benzene rings is 1. The Hall–Kier alpha value is -0.900. The third-order valence-electron chi connectivity index (χ3n) is 3.61. The summed E-state index contributed by atoms with van der Waals surface area (Å²) >= 11 is 17.4. The smallest absolute Gasteiger partial charge is 0.133 e. The van der Waals surface area contributed by atoms with Crippen molar-refractivity contribution < 1.29 is 0 Å². The molecule has 0 bridgehead atoms. The SMILES string of the molecule is S=c1nc(Cc2ccc(Cl)c(Cl)c2)[nH]c2c1CCCC2. The first-order chi connectivity index (χ1) is 9.63. The van der Waals surface area contributed by atoms with Crippen molar-refractivity contribution in [2.45, 2.75) is 32.1 Å². The summed E-state index contributed by atoms with van der Waals surface area (Å²) in [4.78, 5) is 7.95. The Bertz CT molecular complexity index is 710. The lowest BCUT2D eigenvalue weighted by Crippen LogP contribution is -2.10. The summed E-state index contributed by atoms with van der Waals surface area (Å²) < 4.78 is 0.744. The monoisotopic (exact) mass is 324 g/mol. The van der Waals surface area contributed by atoms with Gasteiger partial charge in [0.05, 0.1) is 10.0 Å². The Labute approximate surface area is 133 Å². The molecular weight excluding hydrogens is 311 g/mol. The van der Waals surface area contributed by atoms with E-state index in [1.54, 1.807) is 0 Å². The molecule has 0 radical (unpaired) electrons. The van der Waals surface area contributed by atoms with Gasteiger partial charge in [-0.25, -0.2) is 4.98 Å².